The van der Waals surface area contributed by atoms with Gasteiger partial charge in [-0.25, -0.2) is 13.8 Å². The number of hydrogen-bond acceptors (Lipinski definition) is 2. The zero-order valence-corrected chi connectivity index (χ0v) is 9.20. The number of hydrogen-bond donors (Lipinski definition) is 1. The molecule has 0 saturated heterocycles. The van der Waals surface area contributed by atoms with Crippen LogP contribution >= 0.6 is 0 Å². The first-order chi connectivity index (χ1) is 8.13. The number of aryl methyl sites for hydroxylation is 1. The fourth-order valence-corrected chi connectivity index (χ4v) is 2.33. The Kier molecular flexibility index (Phi) is 2.21. The molecule has 1 aliphatic heterocycles. The number of imidazole rings is 1. The van der Waals surface area contributed by atoms with Gasteiger partial charge in [0.1, 0.15) is 11.2 Å². The molecular formula is C11H13F2N3O. The van der Waals surface area contributed by atoms with Gasteiger partial charge in [0.25, 0.3) is 6.43 Å². The van der Waals surface area contributed by atoms with E-state index in [4.69, 9.17) is 0 Å². The number of fused-ring (bicyclic) bond motifs is 1. The van der Waals surface area contributed by atoms with Crippen LogP contribution in [0.5, 0.6) is 0 Å². The summed E-state index contributed by atoms with van der Waals surface area (Å²) in [5, 5.41) is 2.70. The van der Waals surface area contributed by atoms with Gasteiger partial charge in [-0.15, -0.1) is 0 Å². The first-order valence-corrected chi connectivity index (χ1v) is 5.74. The van der Waals surface area contributed by atoms with Crippen LogP contribution < -0.4 is 5.32 Å². The minimum atomic E-state index is -2.57. The van der Waals surface area contributed by atoms with Crippen LogP contribution in [-0.2, 0) is 11.3 Å². The van der Waals surface area contributed by atoms with E-state index < -0.39 is 17.7 Å². The molecule has 0 bridgehead atoms. The molecule has 0 radical (unpaired) electrons. The predicted molar refractivity (Wildman–Crippen MR) is 55.4 cm³/mol. The SMILES string of the molecule is O=C(NC1CCn2ccnc21)C1(C(F)F)CC1. The van der Waals surface area contributed by atoms with E-state index in [-0.39, 0.29) is 18.9 Å². The van der Waals surface area contributed by atoms with Crippen molar-refractivity contribution in [1.82, 2.24) is 14.9 Å². The van der Waals surface area contributed by atoms with Gasteiger partial charge in [-0.2, -0.15) is 0 Å². The Morgan fingerprint density at radius 3 is 3.00 bits per heavy atom. The molecule has 1 aromatic rings. The molecule has 6 heteroatoms. The van der Waals surface area contributed by atoms with Crippen molar-refractivity contribution in [2.24, 2.45) is 5.41 Å². The Balaban J connectivity index is 1.71. The van der Waals surface area contributed by atoms with Crippen molar-refractivity contribution in [2.75, 3.05) is 0 Å². The van der Waals surface area contributed by atoms with Crippen LogP contribution in [-0.4, -0.2) is 21.9 Å². The van der Waals surface area contributed by atoms with Crippen LogP contribution in [0.25, 0.3) is 0 Å². The van der Waals surface area contributed by atoms with Gasteiger partial charge in [-0.05, 0) is 19.3 Å². The van der Waals surface area contributed by atoms with Gasteiger partial charge >= 0.3 is 0 Å². The summed E-state index contributed by atoms with van der Waals surface area (Å²) in [5.41, 5.74) is -1.42. The predicted octanol–water partition coefficient (Wildman–Crippen LogP) is 1.49. The first kappa shape index (κ1) is 10.7. The average molecular weight is 241 g/mol. The van der Waals surface area contributed by atoms with Crippen LogP contribution in [0.3, 0.4) is 0 Å². The van der Waals surface area contributed by atoms with Gasteiger partial charge in [0.05, 0.1) is 6.04 Å². The molecule has 1 aliphatic carbocycles. The summed E-state index contributed by atoms with van der Waals surface area (Å²) < 4.78 is 27.4. The van der Waals surface area contributed by atoms with E-state index in [0.717, 1.165) is 18.8 Å². The third-order valence-electron chi connectivity index (χ3n) is 3.68. The molecule has 1 amide bonds. The molecule has 0 spiro atoms. The minimum Gasteiger partial charge on any atom is -0.345 e. The summed E-state index contributed by atoms with van der Waals surface area (Å²) in [7, 11) is 0. The Morgan fingerprint density at radius 1 is 1.59 bits per heavy atom. The van der Waals surface area contributed by atoms with Crippen molar-refractivity contribution in [1.29, 1.82) is 0 Å². The molecule has 2 heterocycles. The third kappa shape index (κ3) is 1.54. The highest BCUT2D eigenvalue weighted by Gasteiger charge is 2.58. The van der Waals surface area contributed by atoms with E-state index >= 15 is 0 Å². The van der Waals surface area contributed by atoms with Crippen molar-refractivity contribution in [3.63, 3.8) is 0 Å². The van der Waals surface area contributed by atoms with Gasteiger partial charge in [-0.1, -0.05) is 0 Å². The second-order valence-electron chi connectivity index (χ2n) is 4.75. The lowest BCUT2D eigenvalue weighted by Crippen LogP contribution is -2.38. The van der Waals surface area contributed by atoms with Crippen LogP contribution in [0.15, 0.2) is 12.4 Å². The molecule has 3 rings (SSSR count). The Morgan fingerprint density at radius 2 is 2.35 bits per heavy atom. The molecule has 1 fully saturated rings. The molecule has 1 saturated carbocycles. The number of nitrogens with zero attached hydrogens (tertiary/aromatic N) is 2. The number of carbonyl (C=O) groups is 1. The maximum absolute atomic E-state index is 12.8. The lowest BCUT2D eigenvalue weighted by atomic mass is 10.1. The normalized spacial score (nSPS) is 24.8. The smallest absolute Gasteiger partial charge is 0.252 e. The summed E-state index contributed by atoms with van der Waals surface area (Å²) in [6, 6.07) is -0.214. The summed E-state index contributed by atoms with van der Waals surface area (Å²) in [4.78, 5) is 16.0. The number of halogens is 2. The van der Waals surface area contributed by atoms with Gasteiger partial charge in [0.15, 0.2) is 0 Å². The monoisotopic (exact) mass is 241 g/mol. The van der Waals surface area contributed by atoms with E-state index in [1.54, 1.807) is 6.20 Å². The summed E-state index contributed by atoms with van der Waals surface area (Å²) in [5.74, 6) is 0.248. The molecule has 1 N–H and O–H groups in total. The van der Waals surface area contributed by atoms with Crippen molar-refractivity contribution in [3.05, 3.63) is 18.2 Å². The van der Waals surface area contributed by atoms with Gasteiger partial charge < -0.3 is 9.88 Å². The summed E-state index contributed by atoms with van der Waals surface area (Å²) in [6.45, 7) is 0.780. The highest BCUT2D eigenvalue weighted by Crippen LogP contribution is 2.51. The quantitative estimate of drug-likeness (QED) is 0.871. The number of alkyl halides is 2. The van der Waals surface area contributed by atoms with Crippen LogP contribution in [0.4, 0.5) is 8.78 Å². The lowest BCUT2D eigenvalue weighted by molar-refractivity contribution is -0.132. The number of nitrogens with one attached hydrogen (secondary N) is 1. The second-order valence-corrected chi connectivity index (χ2v) is 4.75. The molecule has 92 valence electrons. The van der Waals surface area contributed by atoms with E-state index in [1.165, 1.54) is 0 Å². The fraction of sp³-hybridized carbons (Fsp3) is 0.636. The average Bonchev–Trinajstić information content (AvgIpc) is 2.84. The lowest BCUT2D eigenvalue weighted by Gasteiger charge is -2.17. The zero-order chi connectivity index (χ0) is 12.0. The topological polar surface area (TPSA) is 46.9 Å². The fourth-order valence-electron chi connectivity index (χ4n) is 2.33. The number of rotatable bonds is 3. The molecule has 1 aromatic heterocycles. The standard InChI is InChI=1S/C11H13F2N3O/c12-9(13)11(2-3-11)10(17)15-7-1-5-16-6-4-14-8(7)16/h4,6-7,9H,1-3,5H2,(H,15,17). The maximum atomic E-state index is 12.8. The first-order valence-electron chi connectivity index (χ1n) is 5.74. The zero-order valence-electron chi connectivity index (χ0n) is 9.20. The third-order valence-corrected chi connectivity index (χ3v) is 3.68. The van der Waals surface area contributed by atoms with Crippen molar-refractivity contribution >= 4 is 5.91 Å². The van der Waals surface area contributed by atoms with Crippen molar-refractivity contribution in [3.8, 4) is 0 Å². The molecule has 0 aromatic carbocycles. The molecule has 4 nitrogen and oxygen atoms in total. The Bertz CT molecular complexity index is 453. The molecular weight excluding hydrogens is 228 g/mol. The number of aromatic nitrogens is 2. The van der Waals surface area contributed by atoms with Gasteiger partial charge in [0, 0.05) is 18.9 Å². The van der Waals surface area contributed by atoms with Crippen LogP contribution in [0.1, 0.15) is 31.1 Å². The van der Waals surface area contributed by atoms with E-state index in [2.05, 4.69) is 10.3 Å². The van der Waals surface area contributed by atoms with E-state index in [9.17, 15) is 13.6 Å². The van der Waals surface area contributed by atoms with Crippen LogP contribution in [0.2, 0.25) is 0 Å². The largest absolute Gasteiger partial charge is 0.345 e. The summed E-state index contributed by atoms with van der Waals surface area (Å²) in [6.07, 6.45) is 2.24. The molecule has 1 atom stereocenters. The van der Waals surface area contributed by atoms with Crippen molar-refractivity contribution in [2.45, 2.75) is 38.3 Å². The highest BCUT2D eigenvalue weighted by atomic mass is 19.3. The Hall–Kier alpha value is -1.46. The van der Waals surface area contributed by atoms with Crippen LogP contribution in [0, 0.1) is 5.41 Å². The molecule has 17 heavy (non-hydrogen) atoms. The molecule has 1 unspecified atom stereocenters. The van der Waals surface area contributed by atoms with Gasteiger partial charge in [0.2, 0.25) is 5.91 Å². The maximum Gasteiger partial charge on any atom is 0.252 e. The van der Waals surface area contributed by atoms with E-state index in [1.807, 2.05) is 10.8 Å². The second kappa shape index (κ2) is 3.51. The van der Waals surface area contributed by atoms with E-state index in [0.29, 0.717) is 0 Å². The van der Waals surface area contributed by atoms with Gasteiger partial charge in [-0.3, -0.25) is 4.79 Å². The number of carbonyl (C=O) groups excluding carboxylic acids is 1. The summed E-state index contributed by atoms with van der Waals surface area (Å²) >= 11 is 0. The number of amides is 1. The Labute approximate surface area is 97.0 Å². The van der Waals surface area contributed by atoms with Crippen molar-refractivity contribution < 1.29 is 13.6 Å². The molecule has 2 aliphatic rings. The highest BCUT2D eigenvalue weighted by molar-refractivity contribution is 5.86. The minimum absolute atomic E-state index is 0.214.